The zero-order valence-electron chi connectivity index (χ0n) is 14.3. The van der Waals surface area contributed by atoms with E-state index in [0.29, 0.717) is 18.2 Å². The lowest BCUT2D eigenvalue weighted by atomic mass is 9.78. The molecule has 3 aliphatic rings. The number of halogens is 2. The third-order valence-electron chi connectivity index (χ3n) is 5.89. The summed E-state index contributed by atoms with van der Waals surface area (Å²) in [6.45, 7) is 5.06. The zero-order valence-corrected chi connectivity index (χ0v) is 15.1. The minimum absolute atomic E-state index is 0.0618. The zero-order chi connectivity index (χ0) is 17.4. The van der Waals surface area contributed by atoms with E-state index in [1.165, 1.54) is 6.07 Å². The van der Waals surface area contributed by atoms with Crippen LogP contribution in [0, 0.1) is 11.7 Å². The van der Waals surface area contributed by atoms with Gasteiger partial charge in [0.05, 0.1) is 10.6 Å². The molecular formula is C19H24ClFN2O2. The Hall–Kier alpha value is -1.17. The van der Waals surface area contributed by atoms with E-state index in [4.69, 9.17) is 16.3 Å². The number of benzene rings is 1. The van der Waals surface area contributed by atoms with E-state index in [2.05, 4.69) is 4.90 Å². The Morgan fingerprint density at radius 2 is 2.20 bits per heavy atom. The van der Waals surface area contributed by atoms with E-state index >= 15 is 0 Å². The molecule has 0 aromatic heterocycles. The van der Waals surface area contributed by atoms with Crippen molar-refractivity contribution in [3.63, 3.8) is 0 Å². The number of likely N-dealkylation sites (tertiary alicyclic amines) is 2. The van der Waals surface area contributed by atoms with Crippen molar-refractivity contribution in [2.75, 3.05) is 32.8 Å². The first kappa shape index (κ1) is 17.3. The quantitative estimate of drug-likeness (QED) is 0.802. The van der Waals surface area contributed by atoms with Gasteiger partial charge in [-0.05, 0) is 42.9 Å². The Morgan fingerprint density at radius 1 is 1.36 bits per heavy atom. The van der Waals surface area contributed by atoms with Crippen molar-refractivity contribution in [1.29, 1.82) is 0 Å². The van der Waals surface area contributed by atoms with Crippen LogP contribution in [-0.2, 0) is 16.1 Å². The fourth-order valence-corrected chi connectivity index (χ4v) is 4.63. The highest BCUT2D eigenvalue weighted by atomic mass is 35.5. The number of hydrogen-bond acceptors (Lipinski definition) is 3. The van der Waals surface area contributed by atoms with Gasteiger partial charge in [-0.1, -0.05) is 17.7 Å². The van der Waals surface area contributed by atoms with Gasteiger partial charge in [0.1, 0.15) is 5.82 Å². The second kappa shape index (κ2) is 6.86. The highest BCUT2D eigenvalue weighted by Gasteiger charge is 2.52. The Kier molecular flexibility index (Phi) is 4.73. The molecule has 1 amide bonds. The van der Waals surface area contributed by atoms with E-state index in [1.54, 1.807) is 6.07 Å². The summed E-state index contributed by atoms with van der Waals surface area (Å²) in [5.74, 6) is 0.451. The van der Waals surface area contributed by atoms with E-state index in [1.807, 2.05) is 11.0 Å². The monoisotopic (exact) mass is 366 g/mol. The summed E-state index contributed by atoms with van der Waals surface area (Å²) in [5.41, 5.74) is 0.877. The van der Waals surface area contributed by atoms with Crippen molar-refractivity contribution in [1.82, 2.24) is 9.80 Å². The molecule has 0 saturated carbocycles. The normalized spacial score (nSPS) is 25.8. The third-order valence-corrected chi connectivity index (χ3v) is 6.20. The average molecular weight is 367 g/mol. The second-order valence-corrected chi connectivity index (χ2v) is 7.97. The summed E-state index contributed by atoms with van der Waals surface area (Å²) >= 11 is 5.74. The molecule has 136 valence electrons. The maximum Gasteiger partial charge on any atom is 0.222 e. The smallest absolute Gasteiger partial charge is 0.222 e. The second-order valence-electron chi connectivity index (χ2n) is 7.57. The molecule has 1 aromatic carbocycles. The van der Waals surface area contributed by atoms with Gasteiger partial charge in [0, 0.05) is 45.8 Å². The standard InChI is InChI=1S/C19H24ClFN2O2/c20-16-4-3-14(10-17(16)21)11-22-12-19(13-22)15(6-9-25-19)5-8-23-7-1-2-18(23)24/h3-4,10,15H,1-2,5-9,11-13H2/t15-/m1/s1. The molecule has 3 heterocycles. The lowest BCUT2D eigenvalue weighted by molar-refractivity contribution is -0.139. The number of carbonyl (C=O) groups excluding carboxylic acids is 1. The Morgan fingerprint density at radius 3 is 2.92 bits per heavy atom. The van der Waals surface area contributed by atoms with Crippen molar-refractivity contribution in [2.45, 2.75) is 37.8 Å². The lowest BCUT2D eigenvalue weighted by Gasteiger charge is -2.50. The topological polar surface area (TPSA) is 32.8 Å². The van der Waals surface area contributed by atoms with Crippen molar-refractivity contribution in [2.24, 2.45) is 5.92 Å². The molecule has 6 heteroatoms. The summed E-state index contributed by atoms with van der Waals surface area (Å²) in [7, 11) is 0. The maximum atomic E-state index is 13.6. The number of amides is 1. The predicted molar refractivity (Wildman–Crippen MR) is 93.9 cm³/mol. The highest BCUT2D eigenvalue weighted by Crippen LogP contribution is 2.42. The maximum absolute atomic E-state index is 13.6. The van der Waals surface area contributed by atoms with Crippen molar-refractivity contribution >= 4 is 17.5 Å². The molecule has 3 aliphatic heterocycles. The SMILES string of the molecule is O=C1CCCN1CC[C@@H]1CCOC12CN(Cc1ccc(Cl)c(F)c1)C2. The largest absolute Gasteiger partial charge is 0.372 e. The molecule has 1 atom stereocenters. The molecule has 4 nitrogen and oxygen atoms in total. The van der Waals surface area contributed by atoms with Gasteiger partial charge in [0.2, 0.25) is 5.91 Å². The van der Waals surface area contributed by atoms with Crippen LogP contribution >= 0.6 is 11.6 Å². The molecule has 0 bridgehead atoms. The van der Waals surface area contributed by atoms with Crippen LogP contribution in [0.15, 0.2) is 18.2 Å². The Balaban J connectivity index is 1.30. The van der Waals surface area contributed by atoms with E-state index < -0.39 is 0 Å². The Bertz CT molecular complexity index is 663. The van der Waals surface area contributed by atoms with E-state index in [-0.39, 0.29) is 16.4 Å². The van der Waals surface area contributed by atoms with Crippen LogP contribution < -0.4 is 0 Å². The first-order chi connectivity index (χ1) is 12.1. The molecule has 0 unspecified atom stereocenters. The van der Waals surface area contributed by atoms with Crippen LogP contribution in [-0.4, -0.2) is 54.1 Å². The number of rotatable bonds is 5. The van der Waals surface area contributed by atoms with Crippen LogP contribution in [0.5, 0.6) is 0 Å². The molecule has 3 saturated heterocycles. The lowest BCUT2D eigenvalue weighted by Crippen LogP contribution is -2.64. The van der Waals surface area contributed by atoms with E-state index in [9.17, 15) is 9.18 Å². The third kappa shape index (κ3) is 3.42. The highest BCUT2D eigenvalue weighted by molar-refractivity contribution is 6.30. The van der Waals surface area contributed by atoms with Gasteiger partial charge in [0.15, 0.2) is 0 Å². The first-order valence-corrected chi connectivity index (χ1v) is 9.52. The molecule has 4 rings (SSSR count). The average Bonchev–Trinajstić information content (AvgIpc) is 3.15. The minimum Gasteiger partial charge on any atom is -0.372 e. The Labute approximate surface area is 152 Å². The van der Waals surface area contributed by atoms with Crippen LogP contribution in [0.4, 0.5) is 4.39 Å². The molecule has 0 radical (unpaired) electrons. The van der Waals surface area contributed by atoms with Gasteiger partial charge in [-0.25, -0.2) is 4.39 Å². The van der Waals surface area contributed by atoms with Gasteiger partial charge in [-0.15, -0.1) is 0 Å². The molecular weight excluding hydrogens is 343 g/mol. The van der Waals surface area contributed by atoms with Gasteiger partial charge < -0.3 is 9.64 Å². The van der Waals surface area contributed by atoms with Crippen LogP contribution in [0.3, 0.4) is 0 Å². The van der Waals surface area contributed by atoms with Crippen molar-refractivity contribution in [3.05, 3.63) is 34.6 Å². The molecule has 1 aromatic rings. The van der Waals surface area contributed by atoms with Crippen LogP contribution in [0.2, 0.25) is 5.02 Å². The molecule has 0 aliphatic carbocycles. The van der Waals surface area contributed by atoms with E-state index in [0.717, 1.165) is 64.2 Å². The van der Waals surface area contributed by atoms with Gasteiger partial charge in [-0.2, -0.15) is 0 Å². The number of carbonyl (C=O) groups is 1. The summed E-state index contributed by atoms with van der Waals surface area (Å²) in [5, 5.41) is 0.166. The summed E-state index contributed by atoms with van der Waals surface area (Å²) in [6.07, 6.45) is 3.80. The van der Waals surface area contributed by atoms with Gasteiger partial charge in [0.25, 0.3) is 0 Å². The summed E-state index contributed by atoms with van der Waals surface area (Å²) in [4.78, 5) is 16.1. The number of nitrogens with zero attached hydrogens (tertiary/aromatic N) is 2. The molecule has 25 heavy (non-hydrogen) atoms. The molecule has 1 spiro atoms. The first-order valence-electron chi connectivity index (χ1n) is 9.14. The van der Waals surface area contributed by atoms with Gasteiger partial charge >= 0.3 is 0 Å². The number of hydrogen-bond donors (Lipinski definition) is 0. The fraction of sp³-hybridized carbons (Fsp3) is 0.632. The number of ether oxygens (including phenoxy) is 1. The van der Waals surface area contributed by atoms with Crippen LogP contribution in [0.25, 0.3) is 0 Å². The molecule has 3 fully saturated rings. The fourth-order valence-electron chi connectivity index (χ4n) is 4.51. The van der Waals surface area contributed by atoms with Crippen molar-refractivity contribution in [3.8, 4) is 0 Å². The van der Waals surface area contributed by atoms with Gasteiger partial charge in [-0.3, -0.25) is 9.69 Å². The van der Waals surface area contributed by atoms with Crippen molar-refractivity contribution < 1.29 is 13.9 Å². The summed E-state index contributed by atoms with van der Waals surface area (Å²) < 4.78 is 19.7. The predicted octanol–water partition coefficient (Wildman–Crippen LogP) is 3.08. The molecule has 0 N–H and O–H groups in total. The summed E-state index contributed by atoms with van der Waals surface area (Å²) in [6, 6.07) is 5.01. The minimum atomic E-state index is -0.361. The van der Waals surface area contributed by atoms with Crippen LogP contribution in [0.1, 0.15) is 31.2 Å².